The highest BCUT2D eigenvalue weighted by molar-refractivity contribution is 5.93. The number of benzene rings is 1. The van der Waals surface area contributed by atoms with Crippen LogP contribution in [0.3, 0.4) is 0 Å². The number of carbonyl (C=O) groups excluding carboxylic acids is 1. The molecule has 1 aromatic carbocycles. The number of nitrogens with zero attached hydrogens (tertiary/aromatic N) is 1. The summed E-state index contributed by atoms with van der Waals surface area (Å²) in [5.41, 5.74) is 3.79. The van der Waals surface area contributed by atoms with E-state index < -0.39 is 18.2 Å². The summed E-state index contributed by atoms with van der Waals surface area (Å²) in [7, 11) is 0. The zero-order chi connectivity index (χ0) is 15.6. The van der Waals surface area contributed by atoms with Crippen LogP contribution in [-0.4, -0.2) is 35.4 Å². The van der Waals surface area contributed by atoms with E-state index in [1.807, 2.05) is 20.8 Å². The van der Waals surface area contributed by atoms with Crippen LogP contribution in [-0.2, 0) is 14.4 Å². The molecule has 0 bridgehead atoms. The van der Waals surface area contributed by atoms with Crippen LogP contribution in [0.5, 0.6) is 0 Å². The van der Waals surface area contributed by atoms with Crippen molar-refractivity contribution in [3.63, 3.8) is 0 Å². The third-order valence-corrected chi connectivity index (χ3v) is 2.74. The maximum Gasteiger partial charge on any atom is 0.415 e. The largest absolute Gasteiger partial charge is 0.478 e. The van der Waals surface area contributed by atoms with E-state index >= 15 is 0 Å². The number of rotatable bonds is 4. The van der Waals surface area contributed by atoms with Crippen LogP contribution < -0.4 is 10.4 Å². The Bertz CT molecular complexity index is 535. The van der Waals surface area contributed by atoms with Gasteiger partial charge in [0.25, 0.3) is 0 Å². The van der Waals surface area contributed by atoms with Crippen LogP contribution in [0.25, 0.3) is 0 Å². The minimum atomic E-state index is -1.15. The number of ether oxygens (including phenoxy) is 1. The SMILES string of the molecule is CC(C)(C)ONc1ccc(N2CC(C(=O)O)OC2=O)cc1. The Hall–Kier alpha value is -2.28. The molecule has 114 valence electrons. The van der Waals surface area contributed by atoms with Crippen LogP contribution >= 0.6 is 0 Å². The lowest BCUT2D eigenvalue weighted by Gasteiger charge is -2.20. The highest BCUT2D eigenvalue weighted by Crippen LogP contribution is 2.24. The number of carbonyl (C=O) groups is 2. The summed E-state index contributed by atoms with van der Waals surface area (Å²) < 4.78 is 4.76. The molecule has 1 fully saturated rings. The topological polar surface area (TPSA) is 88.1 Å². The van der Waals surface area contributed by atoms with Gasteiger partial charge in [-0.1, -0.05) is 0 Å². The lowest BCUT2D eigenvalue weighted by atomic mass is 10.2. The Kier molecular flexibility index (Phi) is 4.04. The van der Waals surface area contributed by atoms with Crippen molar-refractivity contribution in [1.29, 1.82) is 0 Å². The molecule has 1 aliphatic rings. The van der Waals surface area contributed by atoms with Gasteiger partial charge < -0.3 is 9.84 Å². The zero-order valence-corrected chi connectivity index (χ0v) is 12.1. The molecule has 2 rings (SSSR count). The third-order valence-electron chi connectivity index (χ3n) is 2.74. The molecule has 7 nitrogen and oxygen atoms in total. The molecule has 1 atom stereocenters. The second-order valence-electron chi connectivity index (χ2n) is 5.68. The van der Waals surface area contributed by atoms with E-state index in [9.17, 15) is 9.59 Å². The lowest BCUT2D eigenvalue weighted by molar-refractivity contribution is -0.144. The van der Waals surface area contributed by atoms with Gasteiger partial charge in [0.1, 0.15) is 0 Å². The maximum absolute atomic E-state index is 11.6. The average molecular weight is 294 g/mol. The molecule has 0 aromatic heterocycles. The summed E-state index contributed by atoms with van der Waals surface area (Å²) in [5.74, 6) is -1.15. The second-order valence-corrected chi connectivity index (χ2v) is 5.68. The summed E-state index contributed by atoms with van der Waals surface area (Å²) in [4.78, 5) is 29.2. The smallest absolute Gasteiger partial charge is 0.415 e. The standard InChI is InChI=1S/C14H18N2O5/c1-14(2,3)21-15-9-4-6-10(7-5-9)16-8-11(12(17)18)20-13(16)19/h4-7,11,15H,8H2,1-3H3,(H,17,18). The highest BCUT2D eigenvalue weighted by Gasteiger charge is 2.36. The summed E-state index contributed by atoms with van der Waals surface area (Å²) in [6.45, 7) is 5.75. The molecular formula is C14H18N2O5. The minimum absolute atomic E-state index is 0.000562. The first-order chi connectivity index (χ1) is 9.76. The van der Waals surface area contributed by atoms with Crippen molar-refractivity contribution >= 4 is 23.4 Å². The minimum Gasteiger partial charge on any atom is -0.478 e. The Morgan fingerprint density at radius 3 is 2.48 bits per heavy atom. The number of carboxylic acid groups (broad SMARTS) is 1. The van der Waals surface area contributed by atoms with Gasteiger partial charge in [-0.2, -0.15) is 0 Å². The van der Waals surface area contributed by atoms with Crippen LogP contribution in [0.15, 0.2) is 24.3 Å². The molecule has 21 heavy (non-hydrogen) atoms. The molecule has 0 aliphatic carbocycles. The van der Waals surface area contributed by atoms with Gasteiger partial charge in [0.2, 0.25) is 6.10 Å². The van der Waals surface area contributed by atoms with Crippen molar-refractivity contribution < 1.29 is 24.3 Å². The molecule has 1 aromatic rings. The van der Waals surface area contributed by atoms with Crippen molar-refractivity contribution in [1.82, 2.24) is 0 Å². The molecule has 0 saturated carbocycles. The predicted molar refractivity (Wildman–Crippen MR) is 76.2 cm³/mol. The van der Waals surface area contributed by atoms with Gasteiger partial charge in [-0.3, -0.25) is 15.2 Å². The predicted octanol–water partition coefficient (Wildman–Crippen LogP) is 2.24. The first-order valence-electron chi connectivity index (χ1n) is 6.51. The molecule has 1 amide bonds. The molecule has 1 heterocycles. The van der Waals surface area contributed by atoms with Gasteiger partial charge in [-0.25, -0.2) is 9.59 Å². The van der Waals surface area contributed by atoms with Crippen LogP contribution in [0.2, 0.25) is 0 Å². The molecular weight excluding hydrogens is 276 g/mol. The number of hydrogen-bond acceptors (Lipinski definition) is 5. The molecule has 2 N–H and O–H groups in total. The Labute approximate surface area is 122 Å². The van der Waals surface area contributed by atoms with Gasteiger partial charge in [0.15, 0.2) is 0 Å². The molecule has 7 heteroatoms. The Morgan fingerprint density at radius 1 is 1.38 bits per heavy atom. The molecule has 1 saturated heterocycles. The number of nitrogens with one attached hydrogen (secondary N) is 1. The van der Waals surface area contributed by atoms with Crippen molar-refractivity contribution in [2.45, 2.75) is 32.5 Å². The number of carboxylic acids is 1. The number of cyclic esters (lactones) is 1. The first-order valence-corrected chi connectivity index (χ1v) is 6.51. The number of hydrogen-bond donors (Lipinski definition) is 2. The van der Waals surface area contributed by atoms with Crippen molar-refractivity contribution in [2.24, 2.45) is 0 Å². The maximum atomic E-state index is 11.6. The number of amides is 1. The van der Waals surface area contributed by atoms with Crippen LogP contribution in [0.1, 0.15) is 20.8 Å². The van der Waals surface area contributed by atoms with Gasteiger partial charge in [0.05, 0.1) is 17.8 Å². The van der Waals surface area contributed by atoms with Gasteiger partial charge in [-0.05, 0) is 45.0 Å². The molecule has 1 unspecified atom stereocenters. The lowest BCUT2D eigenvalue weighted by Crippen LogP contribution is -2.27. The Morgan fingerprint density at radius 2 is 2.00 bits per heavy atom. The van der Waals surface area contributed by atoms with Crippen LogP contribution in [0, 0.1) is 0 Å². The van der Waals surface area contributed by atoms with E-state index in [0.29, 0.717) is 5.69 Å². The quantitative estimate of drug-likeness (QED) is 0.828. The molecule has 0 spiro atoms. The fourth-order valence-electron chi connectivity index (χ4n) is 1.72. The summed E-state index contributed by atoms with van der Waals surface area (Å²) in [5, 5.41) is 8.86. The highest BCUT2D eigenvalue weighted by atomic mass is 16.7. The fourth-order valence-corrected chi connectivity index (χ4v) is 1.72. The van der Waals surface area contributed by atoms with Crippen molar-refractivity contribution in [3.8, 4) is 0 Å². The summed E-state index contributed by atoms with van der Waals surface area (Å²) >= 11 is 0. The normalized spacial score (nSPS) is 18.5. The van der Waals surface area contributed by atoms with Gasteiger partial charge in [0, 0.05) is 5.69 Å². The van der Waals surface area contributed by atoms with E-state index in [-0.39, 0.29) is 12.1 Å². The average Bonchev–Trinajstić information content (AvgIpc) is 2.78. The monoisotopic (exact) mass is 294 g/mol. The van der Waals surface area contributed by atoms with Gasteiger partial charge >= 0.3 is 12.1 Å². The number of anilines is 2. The zero-order valence-electron chi connectivity index (χ0n) is 12.1. The van der Waals surface area contributed by atoms with E-state index in [4.69, 9.17) is 14.7 Å². The molecule has 1 aliphatic heterocycles. The van der Waals surface area contributed by atoms with Crippen molar-refractivity contribution in [3.05, 3.63) is 24.3 Å². The van der Waals surface area contributed by atoms with Crippen molar-refractivity contribution in [2.75, 3.05) is 16.9 Å². The number of aliphatic carboxylic acids is 1. The van der Waals surface area contributed by atoms with E-state index in [1.54, 1.807) is 24.3 Å². The van der Waals surface area contributed by atoms with E-state index in [2.05, 4.69) is 5.48 Å². The van der Waals surface area contributed by atoms with Crippen LogP contribution in [0.4, 0.5) is 16.2 Å². The Balaban J connectivity index is 2.02. The molecule has 0 radical (unpaired) electrons. The first kappa shape index (κ1) is 15.1. The fraction of sp³-hybridized carbons (Fsp3) is 0.429. The van der Waals surface area contributed by atoms with Gasteiger partial charge in [-0.15, -0.1) is 0 Å². The summed E-state index contributed by atoms with van der Waals surface area (Å²) in [6, 6.07) is 6.87. The second kappa shape index (κ2) is 5.61. The van der Waals surface area contributed by atoms with E-state index in [0.717, 1.165) is 5.69 Å². The summed E-state index contributed by atoms with van der Waals surface area (Å²) in [6.07, 6.45) is -1.78. The third kappa shape index (κ3) is 3.85. The van der Waals surface area contributed by atoms with E-state index in [1.165, 1.54) is 4.90 Å².